The zero-order valence-electron chi connectivity index (χ0n) is 41.8. The lowest BCUT2D eigenvalue weighted by Gasteiger charge is -2.18. The zero-order chi connectivity index (χ0) is 46.5. The minimum absolute atomic E-state index is 0.103. The average Bonchev–Trinajstić information content (AvgIpc) is 3.29. The molecule has 366 valence electrons. The van der Waals surface area contributed by atoms with Gasteiger partial charge in [0.15, 0.2) is 6.10 Å². The molecule has 0 heterocycles. The molecule has 0 saturated heterocycles. The number of carbonyl (C=O) groups excluding carboxylic acids is 3. The van der Waals surface area contributed by atoms with E-state index in [0.29, 0.717) is 12.8 Å². The van der Waals surface area contributed by atoms with E-state index >= 15 is 0 Å². The first-order chi connectivity index (χ1) is 31.5. The molecule has 0 amide bonds. The van der Waals surface area contributed by atoms with Gasteiger partial charge >= 0.3 is 17.9 Å². The van der Waals surface area contributed by atoms with Crippen LogP contribution in [-0.2, 0) is 28.6 Å². The molecule has 1 unspecified atom stereocenters. The van der Waals surface area contributed by atoms with Crippen molar-refractivity contribution in [3.05, 3.63) is 85.1 Å². The number of hydrogen-bond acceptors (Lipinski definition) is 6. The fraction of sp³-hybridized carbons (Fsp3) is 0.707. The number of ether oxygens (including phenoxy) is 3. The lowest BCUT2D eigenvalue weighted by Crippen LogP contribution is -2.30. The van der Waals surface area contributed by atoms with Crippen molar-refractivity contribution in [3.8, 4) is 0 Å². The molecular formula is C58H98O6. The topological polar surface area (TPSA) is 78.9 Å². The van der Waals surface area contributed by atoms with Gasteiger partial charge in [-0.3, -0.25) is 14.4 Å². The third-order valence-corrected chi connectivity index (χ3v) is 11.2. The monoisotopic (exact) mass is 891 g/mol. The van der Waals surface area contributed by atoms with Gasteiger partial charge in [-0.1, -0.05) is 221 Å². The molecule has 0 spiro atoms. The van der Waals surface area contributed by atoms with Gasteiger partial charge in [-0.25, -0.2) is 0 Å². The van der Waals surface area contributed by atoms with E-state index in [1.165, 1.54) is 122 Å². The lowest BCUT2D eigenvalue weighted by atomic mass is 10.1. The van der Waals surface area contributed by atoms with Crippen LogP contribution in [0.25, 0.3) is 0 Å². The molecule has 1 atom stereocenters. The van der Waals surface area contributed by atoms with Gasteiger partial charge in [0.2, 0.25) is 0 Å². The summed E-state index contributed by atoms with van der Waals surface area (Å²) in [5.41, 5.74) is 0. The Morgan fingerprint density at radius 3 is 1.03 bits per heavy atom. The number of hydrogen-bond donors (Lipinski definition) is 0. The molecule has 0 aromatic heterocycles. The Hall–Kier alpha value is -3.41. The molecule has 0 aliphatic rings. The van der Waals surface area contributed by atoms with Crippen molar-refractivity contribution < 1.29 is 28.6 Å². The molecule has 0 saturated carbocycles. The molecule has 0 aliphatic heterocycles. The average molecular weight is 891 g/mol. The molecule has 0 radical (unpaired) electrons. The van der Waals surface area contributed by atoms with Gasteiger partial charge in [-0.15, -0.1) is 0 Å². The highest BCUT2D eigenvalue weighted by Gasteiger charge is 2.19. The van der Waals surface area contributed by atoms with E-state index in [1.807, 2.05) is 36.5 Å². The number of unbranched alkanes of at least 4 members (excludes halogenated alkanes) is 26. The van der Waals surface area contributed by atoms with Crippen LogP contribution in [0.1, 0.15) is 245 Å². The quantitative estimate of drug-likeness (QED) is 0.0199. The SMILES string of the molecule is CC\C=C/C=C\C=C/C=C\CCCCCC(=O)OCC(COC(=O)CCCCCCCCC/C=C\CCCCCCCC)OC(=O)CCCCC/C=C\C=C/CCCCCCCCC. The first kappa shape index (κ1) is 60.6. The summed E-state index contributed by atoms with van der Waals surface area (Å²) in [5.74, 6) is -0.973. The number of allylic oxidation sites excluding steroid dienone is 14. The molecule has 0 rings (SSSR count). The number of carbonyl (C=O) groups is 3. The standard InChI is InChI=1S/C58H98O6/c1-4-7-10-13-16-19-22-25-27-29-31-33-36-39-42-45-48-51-57(60)63-54-55(53-62-56(59)50-47-44-41-38-35-32-24-21-18-15-12-9-6-3)64-58(61)52-49-46-43-40-37-34-30-28-26-23-20-17-14-11-8-5-2/h9,12,15,18,21,24-25,27-28,30,32,34-35,37,55H,4-8,10-11,13-14,16-17,19-20,22-23,26,29,31,33,36,38-54H2,1-3H3/b12-9-,18-15-,24-21-,27-25-,30-28-,35-32-,37-34-. The van der Waals surface area contributed by atoms with E-state index in [1.54, 1.807) is 0 Å². The second kappa shape index (κ2) is 52.2. The Labute approximate surface area is 395 Å². The molecule has 0 aromatic rings. The first-order valence-electron chi connectivity index (χ1n) is 26.7. The minimum atomic E-state index is -0.808. The predicted molar refractivity (Wildman–Crippen MR) is 274 cm³/mol. The Balaban J connectivity index is 4.47. The van der Waals surface area contributed by atoms with Crippen LogP contribution < -0.4 is 0 Å². The van der Waals surface area contributed by atoms with Crippen molar-refractivity contribution in [2.45, 2.75) is 252 Å². The zero-order valence-corrected chi connectivity index (χ0v) is 41.8. The Morgan fingerprint density at radius 2 is 0.625 bits per heavy atom. The van der Waals surface area contributed by atoms with Crippen LogP contribution in [0.5, 0.6) is 0 Å². The van der Waals surface area contributed by atoms with Gasteiger partial charge in [0.1, 0.15) is 13.2 Å². The summed E-state index contributed by atoms with van der Waals surface area (Å²) in [6.45, 7) is 6.43. The molecule has 0 fully saturated rings. The van der Waals surface area contributed by atoms with Gasteiger partial charge in [-0.2, -0.15) is 0 Å². The summed E-state index contributed by atoms with van der Waals surface area (Å²) in [4.78, 5) is 38.0. The fourth-order valence-corrected chi connectivity index (χ4v) is 7.20. The maximum Gasteiger partial charge on any atom is 0.306 e. The van der Waals surface area contributed by atoms with Crippen LogP contribution >= 0.6 is 0 Å². The summed E-state index contributed by atoms with van der Waals surface area (Å²) >= 11 is 0. The van der Waals surface area contributed by atoms with Crippen LogP contribution in [0.4, 0.5) is 0 Å². The van der Waals surface area contributed by atoms with E-state index in [0.717, 1.165) is 83.5 Å². The Kier molecular flexibility index (Phi) is 49.4. The molecule has 0 aliphatic carbocycles. The van der Waals surface area contributed by atoms with Gasteiger partial charge in [0.25, 0.3) is 0 Å². The molecule has 6 nitrogen and oxygen atoms in total. The Bertz CT molecular complexity index is 1250. The van der Waals surface area contributed by atoms with Crippen LogP contribution in [0.3, 0.4) is 0 Å². The highest BCUT2D eigenvalue weighted by molar-refractivity contribution is 5.71. The number of esters is 3. The van der Waals surface area contributed by atoms with Crippen molar-refractivity contribution >= 4 is 17.9 Å². The van der Waals surface area contributed by atoms with Crippen molar-refractivity contribution in [2.24, 2.45) is 0 Å². The molecule has 6 heteroatoms. The maximum atomic E-state index is 12.8. The van der Waals surface area contributed by atoms with Crippen molar-refractivity contribution in [1.29, 1.82) is 0 Å². The van der Waals surface area contributed by atoms with Gasteiger partial charge < -0.3 is 14.2 Å². The van der Waals surface area contributed by atoms with Crippen LogP contribution in [0, 0.1) is 0 Å². The van der Waals surface area contributed by atoms with Crippen molar-refractivity contribution in [1.82, 2.24) is 0 Å². The minimum Gasteiger partial charge on any atom is -0.462 e. The van der Waals surface area contributed by atoms with Gasteiger partial charge in [0, 0.05) is 19.3 Å². The largest absolute Gasteiger partial charge is 0.462 e. The maximum absolute atomic E-state index is 12.8. The second-order valence-corrected chi connectivity index (χ2v) is 17.5. The summed E-state index contributed by atoms with van der Waals surface area (Å²) in [6, 6.07) is 0. The third kappa shape index (κ3) is 49.6. The predicted octanol–water partition coefficient (Wildman–Crippen LogP) is 17.6. The van der Waals surface area contributed by atoms with Gasteiger partial charge in [0.05, 0.1) is 0 Å². The fourth-order valence-electron chi connectivity index (χ4n) is 7.20. The Morgan fingerprint density at radius 1 is 0.328 bits per heavy atom. The van der Waals surface area contributed by atoms with Crippen molar-refractivity contribution in [3.63, 3.8) is 0 Å². The molecule has 0 bridgehead atoms. The van der Waals surface area contributed by atoms with Crippen LogP contribution in [0.2, 0.25) is 0 Å². The molecule has 64 heavy (non-hydrogen) atoms. The smallest absolute Gasteiger partial charge is 0.306 e. The first-order valence-corrected chi connectivity index (χ1v) is 26.7. The summed E-state index contributed by atoms with van der Waals surface area (Å²) in [7, 11) is 0. The highest BCUT2D eigenvalue weighted by atomic mass is 16.6. The molecular weight excluding hydrogens is 793 g/mol. The molecule has 0 N–H and O–H groups in total. The van der Waals surface area contributed by atoms with Crippen LogP contribution in [-0.4, -0.2) is 37.2 Å². The van der Waals surface area contributed by atoms with E-state index in [4.69, 9.17) is 14.2 Å². The van der Waals surface area contributed by atoms with E-state index in [-0.39, 0.29) is 37.5 Å². The summed E-state index contributed by atoms with van der Waals surface area (Å²) in [5, 5.41) is 0. The number of rotatable bonds is 47. The normalized spacial score (nSPS) is 12.7. The molecule has 0 aromatic carbocycles. The van der Waals surface area contributed by atoms with Crippen molar-refractivity contribution in [2.75, 3.05) is 13.2 Å². The van der Waals surface area contributed by atoms with E-state index in [2.05, 4.69) is 69.4 Å². The lowest BCUT2D eigenvalue weighted by molar-refractivity contribution is -0.167. The summed E-state index contributed by atoms with van der Waals surface area (Å²) in [6.07, 6.45) is 67.1. The highest BCUT2D eigenvalue weighted by Crippen LogP contribution is 2.14. The van der Waals surface area contributed by atoms with Crippen LogP contribution in [0.15, 0.2) is 85.1 Å². The third-order valence-electron chi connectivity index (χ3n) is 11.2. The van der Waals surface area contributed by atoms with E-state index in [9.17, 15) is 14.4 Å². The van der Waals surface area contributed by atoms with E-state index < -0.39 is 6.10 Å². The summed E-state index contributed by atoms with van der Waals surface area (Å²) < 4.78 is 16.8. The van der Waals surface area contributed by atoms with Gasteiger partial charge in [-0.05, 0) is 89.9 Å². The second-order valence-electron chi connectivity index (χ2n) is 17.5.